The van der Waals surface area contributed by atoms with Crippen molar-refractivity contribution in [3.05, 3.63) is 39.6 Å². The number of aliphatic hydroxyl groups is 1. The Hall–Kier alpha value is -1.33. The number of halogens is 1. The van der Waals surface area contributed by atoms with Gasteiger partial charge in [0.05, 0.1) is 16.8 Å². The summed E-state index contributed by atoms with van der Waals surface area (Å²) in [5.41, 5.74) is 2.67. The van der Waals surface area contributed by atoms with Gasteiger partial charge in [-0.1, -0.05) is 6.07 Å². The molecule has 0 atom stereocenters. The van der Waals surface area contributed by atoms with E-state index in [0.717, 1.165) is 27.2 Å². The zero-order valence-corrected chi connectivity index (χ0v) is 12.2. The monoisotopic (exact) mass is 310 g/mol. The molecule has 0 aliphatic carbocycles. The molecule has 96 valence electrons. The van der Waals surface area contributed by atoms with Gasteiger partial charge in [0.25, 0.3) is 0 Å². The van der Waals surface area contributed by atoms with Crippen molar-refractivity contribution in [1.29, 1.82) is 0 Å². The average Bonchev–Trinajstić information content (AvgIpc) is 2.58. The lowest BCUT2D eigenvalue weighted by molar-refractivity contribution is 0.281. The second-order valence-electron chi connectivity index (χ2n) is 4.15. The summed E-state index contributed by atoms with van der Waals surface area (Å²) in [6, 6.07) is 5.51. The summed E-state index contributed by atoms with van der Waals surface area (Å²) in [5.74, 6) is 1.49. The first-order valence-electron chi connectivity index (χ1n) is 5.60. The van der Waals surface area contributed by atoms with Crippen LogP contribution in [0.25, 0.3) is 0 Å². The van der Waals surface area contributed by atoms with Gasteiger partial charge in [-0.15, -0.1) is 0 Å². The van der Waals surface area contributed by atoms with E-state index in [1.54, 1.807) is 4.68 Å². The van der Waals surface area contributed by atoms with Gasteiger partial charge in [0, 0.05) is 7.05 Å². The van der Waals surface area contributed by atoms with Crippen molar-refractivity contribution in [3.8, 4) is 11.5 Å². The van der Waals surface area contributed by atoms with Crippen LogP contribution in [0.5, 0.6) is 11.5 Å². The smallest absolute Gasteiger partial charge is 0.171 e. The highest BCUT2D eigenvalue weighted by atomic mass is 79.9. The number of hydrogen-bond donors (Lipinski definition) is 1. The maximum atomic E-state index is 9.06. The van der Waals surface area contributed by atoms with Gasteiger partial charge in [-0.2, -0.15) is 5.10 Å². The van der Waals surface area contributed by atoms with E-state index in [9.17, 15) is 0 Å². The minimum atomic E-state index is 0.0177. The Balaban J connectivity index is 2.34. The molecular formula is C13H15BrN2O2. The van der Waals surface area contributed by atoms with Crippen LogP contribution in [-0.2, 0) is 13.7 Å². The predicted octanol–water partition coefficient (Wildman–Crippen LogP) is 3.08. The number of aromatic nitrogens is 2. The first-order valence-corrected chi connectivity index (χ1v) is 6.39. The first-order chi connectivity index (χ1) is 8.52. The second kappa shape index (κ2) is 5.12. The molecule has 1 heterocycles. The molecule has 0 aliphatic heterocycles. The van der Waals surface area contributed by atoms with E-state index in [1.165, 1.54) is 0 Å². The lowest BCUT2D eigenvalue weighted by atomic mass is 10.2. The summed E-state index contributed by atoms with van der Waals surface area (Å²) < 4.78 is 8.49. The molecule has 0 aliphatic rings. The summed E-state index contributed by atoms with van der Waals surface area (Å²) >= 11 is 3.44. The number of ether oxygens (including phenoxy) is 1. The zero-order chi connectivity index (χ0) is 13.3. The molecule has 0 unspecified atom stereocenters. The Morgan fingerprint density at radius 1 is 1.39 bits per heavy atom. The predicted molar refractivity (Wildman–Crippen MR) is 72.8 cm³/mol. The molecule has 1 N–H and O–H groups in total. The third kappa shape index (κ3) is 2.42. The highest BCUT2D eigenvalue weighted by Crippen LogP contribution is 2.33. The first kappa shape index (κ1) is 13.1. The van der Waals surface area contributed by atoms with Crippen LogP contribution in [0.2, 0.25) is 0 Å². The van der Waals surface area contributed by atoms with Crippen LogP contribution in [-0.4, -0.2) is 14.9 Å². The number of rotatable bonds is 3. The molecule has 0 amide bonds. The summed E-state index contributed by atoms with van der Waals surface area (Å²) in [6.45, 7) is 3.90. The van der Waals surface area contributed by atoms with Gasteiger partial charge in [-0.25, -0.2) is 0 Å². The van der Waals surface area contributed by atoms with E-state index in [2.05, 4.69) is 21.0 Å². The molecular weight excluding hydrogens is 296 g/mol. The quantitative estimate of drug-likeness (QED) is 0.947. The van der Waals surface area contributed by atoms with Crippen LogP contribution in [0.3, 0.4) is 0 Å². The van der Waals surface area contributed by atoms with Crippen molar-refractivity contribution < 1.29 is 9.84 Å². The lowest BCUT2D eigenvalue weighted by Crippen LogP contribution is -1.93. The van der Waals surface area contributed by atoms with E-state index in [0.29, 0.717) is 5.75 Å². The number of aryl methyl sites for hydroxylation is 2. The fourth-order valence-electron chi connectivity index (χ4n) is 1.74. The molecule has 0 saturated carbocycles. The van der Waals surface area contributed by atoms with Gasteiger partial charge in [0.1, 0.15) is 11.4 Å². The normalized spacial score (nSPS) is 10.7. The van der Waals surface area contributed by atoms with Crippen molar-refractivity contribution in [2.75, 3.05) is 0 Å². The summed E-state index contributed by atoms with van der Waals surface area (Å²) in [6.07, 6.45) is 0. The molecule has 1 aromatic heterocycles. The Labute approximate surface area is 114 Å². The summed E-state index contributed by atoms with van der Waals surface area (Å²) in [5, 5.41) is 13.4. The molecule has 0 fully saturated rings. The maximum absolute atomic E-state index is 9.06. The third-order valence-corrected chi connectivity index (χ3v) is 3.45. The highest BCUT2D eigenvalue weighted by molar-refractivity contribution is 9.10. The Bertz CT molecular complexity index is 579. The van der Waals surface area contributed by atoms with Crippen molar-refractivity contribution in [2.24, 2.45) is 7.05 Å². The van der Waals surface area contributed by atoms with E-state index >= 15 is 0 Å². The average molecular weight is 311 g/mol. The lowest BCUT2D eigenvalue weighted by Gasteiger charge is -2.09. The number of hydrogen-bond acceptors (Lipinski definition) is 3. The molecule has 4 nitrogen and oxygen atoms in total. The fourth-order valence-corrected chi connectivity index (χ4v) is 2.24. The Kier molecular flexibility index (Phi) is 3.73. The van der Waals surface area contributed by atoms with Crippen molar-refractivity contribution in [2.45, 2.75) is 20.5 Å². The molecule has 2 rings (SSSR count). The topological polar surface area (TPSA) is 47.3 Å². The summed E-state index contributed by atoms with van der Waals surface area (Å²) in [7, 11) is 1.89. The molecule has 5 heteroatoms. The minimum Gasteiger partial charge on any atom is -0.452 e. The fraction of sp³-hybridized carbons (Fsp3) is 0.308. The Morgan fingerprint density at radius 2 is 2.11 bits per heavy atom. The highest BCUT2D eigenvalue weighted by Gasteiger charge is 2.13. The van der Waals surface area contributed by atoms with Gasteiger partial charge < -0.3 is 9.84 Å². The van der Waals surface area contributed by atoms with E-state index in [4.69, 9.17) is 9.84 Å². The van der Waals surface area contributed by atoms with E-state index in [1.807, 2.05) is 39.1 Å². The van der Waals surface area contributed by atoms with Gasteiger partial charge in [-0.3, -0.25) is 4.68 Å². The van der Waals surface area contributed by atoms with Gasteiger partial charge in [-0.05, 0) is 47.5 Å². The van der Waals surface area contributed by atoms with Crippen LogP contribution < -0.4 is 4.74 Å². The van der Waals surface area contributed by atoms with Crippen LogP contribution >= 0.6 is 15.9 Å². The molecule has 0 bridgehead atoms. The van der Waals surface area contributed by atoms with Crippen LogP contribution in [0, 0.1) is 13.8 Å². The van der Waals surface area contributed by atoms with Crippen molar-refractivity contribution in [1.82, 2.24) is 9.78 Å². The molecule has 0 spiro atoms. The van der Waals surface area contributed by atoms with Gasteiger partial charge in [0.2, 0.25) is 0 Å². The standard InChI is InChI=1S/C13H15BrN2O2/c1-8-13(9(2)16(3)15-8)18-12-5-4-10(7-17)6-11(12)14/h4-6,17H,7H2,1-3H3. The van der Waals surface area contributed by atoms with Crippen LogP contribution in [0.4, 0.5) is 0 Å². The minimum absolute atomic E-state index is 0.0177. The second-order valence-corrected chi connectivity index (χ2v) is 5.00. The molecule has 0 radical (unpaired) electrons. The van der Waals surface area contributed by atoms with Crippen molar-refractivity contribution in [3.63, 3.8) is 0 Å². The Morgan fingerprint density at radius 3 is 2.61 bits per heavy atom. The van der Waals surface area contributed by atoms with E-state index < -0.39 is 0 Å². The van der Waals surface area contributed by atoms with Crippen molar-refractivity contribution >= 4 is 15.9 Å². The number of aliphatic hydroxyl groups excluding tert-OH is 1. The van der Waals surface area contributed by atoms with E-state index in [-0.39, 0.29) is 6.61 Å². The SMILES string of the molecule is Cc1nn(C)c(C)c1Oc1ccc(CO)cc1Br. The third-order valence-electron chi connectivity index (χ3n) is 2.83. The largest absolute Gasteiger partial charge is 0.452 e. The molecule has 1 aromatic carbocycles. The molecule has 2 aromatic rings. The number of benzene rings is 1. The van der Waals surface area contributed by atoms with Crippen LogP contribution in [0.1, 0.15) is 17.0 Å². The van der Waals surface area contributed by atoms with Gasteiger partial charge >= 0.3 is 0 Å². The zero-order valence-electron chi connectivity index (χ0n) is 10.6. The van der Waals surface area contributed by atoms with Crippen LogP contribution in [0.15, 0.2) is 22.7 Å². The molecule has 18 heavy (non-hydrogen) atoms. The molecule has 0 saturated heterocycles. The number of nitrogens with zero attached hydrogens (tertiary/aromatic N) is 2. The maximum Gasteiger partial charge on any atom is 0.171 e. The summed E-state index contributed by atoms with van der Waals surface area (Å²) in [4.78, 5) is 0. The van der Waals surface area contributed by atoms with Gasteiger partial charge in [0.15, 0.2) is 5.75 Å².